The Balaban J connectivity index is 1.40. The fourth-order valence-electron chi connectivity index (χ4n) is 3.92. The van der Waals surface area contributed by atoms with Crippen LogP contribution in [0.25, 0.3) is 5.82 Å². The van der Waals surface area contributed by atoms with Gasteiger partial charge in [0.15, 0.2) is 5.82 Å². The van der Waals surface area contributed by atoms with Crippen molar-refractivity contribution in [1.82, 2.24) is 34.1 Å². The normalized spacial score (nSPS) is 16.2. The van der Waals surface area contributed by atoms with Crippen LogP contribution in [0.3, 0.4) is 0 Å². The summed E-state index contributed by atoms with van der Waals surface area (Å²) in [6, 6.07) is 5.44. The highest BCUT2D eigenvalue weighted by atomic mass is 32.2. The molecule has 0 bridgehead atoms. The lowest BCUT2D eigenvalue weighted by Gasteiger charge is -2.31. The summed E-state index contributed by atoms with van der Waals surface area (Å²) in [5, 5.41) is 16.8. The summed E-state index contributed by atoms with van der Waals surface area (Å²) < 4.78 is 37.4. The van der Waals surface area contributed by atoms with E-state index in [2.05, 4.69) is 20.4 Å². The minimum Gasteiger partial charge on any atom is -0.473 e. The summed E-state index contributed by atoms with van der Waals surface area (Å²) in [7, 11) is -3.61. The third-order valence-corrected chi connectivity index (χ3v) is 7.55. The van der Waals surface area contributed by atoms with Crippen LogP contribution in [0, 0.1) is 13.8 Å². The molecule has 0 unspecified atom stereocenters. The first-order valence-corrected chi connectivity index (χ1v) is 11.8. The zero-order valence-electron chi connectivity index (χ0n) is 18.1. The molecule has 166 valence electrons. The van der Waals surface area contributed by atoms with Crippen LogP contribution < -0.4 is 4.74 Å². The van der Waals surface area contributed by atoms with E-state index in [1.807, 2.05) is 26.8 Å². The van der Waals surface area contributed by atoms with Crippen LogP contribution in [0.2, 0.25) is 0 Å². The van der Waals surface area contributed by atoms with Gasteiger partial charge in [0, 0.05) is 37.6 Å². The number of piperidine rings is 1. The van der Waals surface area contributed by atoms with Gasteiger partial charge in [-0.15, -0.1) is 10.2 Å². The van der Waals surface area contributed by atoms with Gasteiger partial charge in [-0.2, -0.15) is 14.5 Å². The maximum Gasteiger partial charge on any atom is 0.246 e. The van der Waals surface area contributed by atoms with Crippen LogP contribution in [0.1, 0.15) is 44.1 Å². The molecule has 1 saturated heterocycles. The van der Waals surface area contributed by atoms with Crippen molar-refractivity contribution in [3.8, 4) is 11.7 Å². The van der Waals surface area contributed by atoms with E-state index < -0.39 is 10.0 Å². The Morgan fingerprint density at radius 3 is 2.42 bits per heavy atom. The number of aryl methyl sites for hydroxylation is 1. The smallest absolute Gasteiger partial charge is 0.246 e. The second-order valence-corrected chi connectivity index (χ2v) is 9.81. The van der Waals surface area contributed by atoms with Gasteiger partial charge in [0.25, 0.3) is 0 Å². The maximum absolute atomic E-state index is 13.3. The number of hydrogen-bond donors (Lipinski definition) is 0. The molecule has 11 heteroatoms. The van der Waals surface area contributed by atoms with Gasteiger partial charge >= 0.3 is 0 Å². The standard InChI is InChI=1S/C20H27N7O3S/c1-14(2)27-16(4)20(15(3)24-27)31(28,29)25-12-8-17(9-13-25)30-19-7-6-18(22-23-19)26-11-5-10-21-26/h5-7,10-11,14,17H,8-9,12-13H2,1-4H3. The fraction of sp³-hybridized carbons (Fsp3) is 0.500. The van der Waals surface area contributed by atoms with Crippen molar-refractivity contribution in [2.45, 2.75) is 57.6 Å². The molecular formula is C20H27N7O3S. The molecule has 1 aliphatic rings. The van der Waals surface area contributed by atoms with E-state index in [-0.39, 0.29) is 12.1 Å². The molecule has 0 N–H and O–H groups in total. The Bertz CT molecular complexity index is 1130. The lowest BCUT2D eigenvalue weighted by molar-refractivity contribution is 0.128. The van der Waals surface area contributed by atoms with Crippen LogP contribution in [-0.2, 0) is 10.0 Å². The van der Waals surface area contributed by atoms with Gasteiger partial charge in [0.2, 0.25) is 15.9 Å². The van der Waals surface area contributed by atoms with Crippen molar-refractivity contribution in [3.05, 3.63) is 42.0 Å². The number of rotatable bonds is 6. The third kappa shape index (κ3) is 4.19. The molecule has 31 heavy (non-hydrogen) atoms. The van der Waals surface area contributed by atoms with Gasteiger partial charge in [0.1, 0.15) is 11.0 Å². The monoisotopic (exact) mass is 445 g/mol. The molecule has 0 aliphatic carbocycles. The van der Waals surface area contributed by atoms with E-state index in [9.17, 15) is 8.42 Å². The highest BCUT2D eigenvalue weighted by Gasteiger charge is 2.34. The van der Waals surface area contributed by atoms with Crippen molar-refractivity contribution < 1.29 is 13.2 Å². The summed E-state index contributed by atoms with van der Waals surface area (Å²) in [4.78, 5) is 0.320. The van der Waals surface area contributed by atoms with E-state index in [0.717, 1.165) is 0 Å². The molecule has 1 fully saturated rings. The Morgan fingerprint density at radius 1 is 1.13 bits per heavy atom. The molecule has 0 spiro atoms. The SMILES string of the molecule is Cc1nn(C(C)C)c(C)c1S(=O)(=O)N1CCC(Oc2ccc(-n3cccn3)nn2)CC1. The Hall–Kier alpha value is -2.79. The van der Waals surface area contributed by atoms with Crippen molar-refractivity contribution in [3.63, 3.8) is 0 Å². The minimum absolute atomic E-state index is 0.0996. The van der Waals surface area contributed by atoms with Gasteiger partial charge < -0.3 is 4.74 Å². The summed E-state index contributed by atoms with van der Waals surface area (Å²) >= 11 is 0. The highest BCUT2D eigenvalue weighted by molar-refractivity contribution is 7.89. The molecule has 0 radical (unpaired) electrons. The molecule has 0 atom stereocenters. The van der Waals surface area contributed by atoms with Crippen molar-refractivity contribution in [1.29, 1.82) is 0 Å². The molecule has 1 aliphatic heterocycles. The summed E-state index contributed by atoms with van der Waals surface area (Å²) in [5.41, 5.74) is 1.22. The number of sulfonamides is 1. The average molecular weight is 446 g/mol. The van der Waals surface area contributed by atoms with Crippen molar-refractivity contribution >= 4 is 10.0 Å². The van der Waals surface area contributed by atoms with Crippen LogP contribution in [0.4, 0.5) is 0 Å². The Kier molecular flexibility index (Phi) is 5.80. The Morgan fingerprint density at radius 2 is 1.87 bits per heavy atom. The van der Waals surface area contributed by atoms with Crippen molar-refractivity contribution in [2.75, 3.05) is 13.1 Å². The molecular weight excluding hydrogens is 418 g/mol. The average Bonchev–Trinajstić information content (AvgIpc) is 3.37. The first kappa shape index (κ1) is 21.4. The first-order chi connectivity index (χ1) is 14.8. The largest absolute Gasteiger partial charge is 0.473 e. The van der Waals surface area contributed by atoms with Gasteiger partial charge in [0.05, 0.1) is 11.4 Å². The predicted octanol–water partition coefficient (Wildman–Crippen LogP) is 2.29. The minimum atomic E-state index is -3.61. The van der Waals surface area contributed by atoms with Crippen LogP contribution in [0.15, 0.2) is 35.5 Å². The second-order valence-electron chi connectivity index (χ2n) is 7.94. The van der Waals surface area contributed by atoms with E-state index in [4.69, 9.17) is 4.74 Å². The van der Waals surface area contributed by atoms with E-state index in [1.54, 1.807) is 40.8 Å². The number of nitrogens with zero attached hydrogens (tertiary/aromatic N) is 7. The lowest BCUT2D eigenvalue weighted by Crippen LogP contribution is -2.42. The molecule has 10 nitrogen and oxygen atoms in total. The van der Waals surface area contributed by atoms with Crippen LogP contribution >= 0.6 is 0 Å². The summed E-state index contributed by atoms with van der Waals surface area (Å²) in [6.45, 7) is 8.32. The molecule has 3 aromatic heterocycles. The third-order valence-electron chi connectivity index (χ3n) is 5.40. The number of hydrogen-bond acceptors (Lipinski definition) is 7. The molecule has 4 rings (SSSR count). The topological polar surface area (TPSA) is 108 Å². The summed E-state index contributed by atoms with van der Waals surface area (Å²) in [5.74, 6) is 1.02. The molecule has 0 aromatic carbocycles. The molecule has 0 amide bonds. The van der Waals surface area contributed by atoms with Gasteiger partial charge in [-0.1, -0.05) is 0 Å². The first-order valence-electron chi connectivity index (χ1n) is 10.3. The maximum atomic E-state index is 13.3. The van der Waals surface area contributed by atoms with E-state index in [0.29, 0.717) is 53.9 Å². The van der Waals surface area contributed by atoms with E-state index in [1.165, 1.54) is 4.31 Å². The van der Waals surface area contributed by atoms with Gasteiger partial charge in [-0.05, 0) is 52.7 Å². The zero-order chi connectivity index (χ0) is 22.2. The Labute approximate surface area is 181 Å². The molecule has 4 heterocycles. The number of ether oxygens (including phenoxy) is 1. The number of aromatic nitrogens is 6. The second kappa shape index (κ2) is 8.39. The van der Waals surface area contributed by atoms with Crippen LogP contribution in [-0.4, -0.2) is 61.7 Å². The van der Waals surface area contributed by atoms with Gasteiger partial charge in [-0.3, -0.25) is 4.68 Å². The van der Waals surface area contributed by atoms with E-state index >= 15 is 0 Å². The fourth-order valence-corrected chi connectivity index (χ4v) is 5.75. The summed E-state index contributed by atoms with van der Waals surface area (Å²) in [6.07, 6.45) is 4.51. The molecule has 0 saturated carbocycles. The lowest BCUT2D eigenvalue weighted by atomic mass is 10.1. The van der Waals surface area contributed by atoms with Gasteiger partial charge in [-0.25, -0.2) is 13.1 Å². The van der Waals surface area contributed by atoms with Crippen LogP contribution in [0.5, 0.6) is 5.88 Å². The predicted molar refractivity (Wildman–Crippen MR) is 114 cm³/mol. The zero-order valence-corrected chi connectivity index (χ0v) is 18.9. The highest BCUT2D eigenvalue weighted by Crippen LogP contribution is 2.28. The molecule has 3 aromatic rings. The van der Waals surface area contributed by atoms with Crippen molar-refractivity contribution in [2.24, 2.45) is 0 Å². The quantitative estimate of drug-likeness (QED) is 0.573.